The zero-order chi connectivity index (χ0) is 17.8. The second-order valence-corrected chi connectivity index (χ2v) is 5.74. The van der Waals surface area contributed by atoms with Crippen LogP contribution >= 0.6 is 0 Å². The number of hydrogen-bond acceptors (Lipinski definition) is 3. The van der Waals surface area contributed by atoms with Crippen molar-refractivity contribution in [3.8, 4) is 0 Å². The van der Waals surface area contributed by atoms with Gasteiger partial charge in [-0.1, -0.05) is 12.1 Å². The van der Waals surface area contributed by atoms with Gasteiger partial charge in [-0.3, -0.25) is 9.59 Å². The first-order valence-electron chi connectivity index (χ1n) is 7.51. The Labute approximate surface area is 136 Å². The van der Waals surface area contributed by atoms with Gasteiger partial charge in [-0.25, -0.2) is 0 Å². The molecule has 1 aromatic carbocycles. The van der Waals surface area contributed by atoms with Gasteiger partial charge in [0.1, 0.15) is 5.41 Å². The van der Waals surface area contributed by atoms with Crippen LogP contribution in [0, 0.1) is 5.41 Å². The van der Waals surface area contributed by atoms with Gasteiger partial charge >= 0.3 is 12.1 Å². The summed E-state index contributed by atoms with van der Waals surface area (Å²) in [5.41, 5.74) is -1.61. The molecule has 1 fully saturated rings. The van der Waals surface area contributed by atoms with E-state index in [0.717, 1.165) is 0 Å². The number of halogens is 3. The standard InChI is InChI=1S/C16H18F3NO4/c17-16(18,19)15(6-8-24-9-7-15)14(23)20-12-3-1-2-11(10-12)4-5-13(21)22/h1-3,10H,4-9H2,(H,20,23)(H,21,22). The molecule has 2 N–H and O–H groups in total. The van der Waals surface area contributed by atoms with Crippen LogP contribution in [-0.4, -0.2) is 36.4 Å². The Bertz CT molecular complexity index is 610. The molecule has 1 aromatic rings. The summed E-state index contributed by atoms with van der Waals surface area (Å²) in [6.45, 7) is -0.239. The van der Waals surface area contributed by atoms with Gasteiger partial charge in [0, 0.05) is 25.3 Å². The summed E-state index contributed by atoms with van der Waals surface area (Å²) < 4.78 is 45.3. The van der Waals surface area contributed by atoms with Crippen molar-refractivity contribution >= 4 is 17.6 Å². The van der Waals surface area contributed by atoms with Crippen LogP contribution in [-0.2, 0) is 20.7 Å². The van der Waals surface area contributed by atoms with Gasteiger partial charge in [-0.05, 0) is 37.0 Å². The summed E-state index contributed by atoms with van der Waals surface area (Å²) in [5, 5.41) is 11.0. The van der Waals surface area contributed by atoms with E-state index in [2.05, 4.69) is 5.32 Å². The van der Waals surface area contributed by atoms with Crippen molar-refractivity contribution in [2.75, 3.05) is 18.5 Å². The zero-order valence-electron chi connectivity index (χ0n) is 12.9. The van der Waals surface area contributed by atoms with Crippen LogP contribution in [0.15, 0.2) is 24.3 Å². The third-order valence-corrected chi connectivity index (χ3v) is 4.14. The maximum atomic E-state index is 13.5. The number of carbonyl (C=O) groups is 2. The second kappa shape index (κ2) is 7.21. The predicted molar refractivity (Wildman–Crippen MR) is 79.6 cm³/mol. The van der Waals surface area contributed by atoms with Gasteiger partial charge in [0.2, 0.25) is 5.91 Å². The Morgan fingerprint density at radius 3 is 2.50 bits per heavy atom. The molecule has 8 heteroatoms. The molecule has 0 spiro atoms. The molecule has 1 aliphatic heterocycles. The molecule has 1 amide bonds. The van der Waals surface area contributed by atoms with Crippen molar-refractivity contribution in [3.05, 3.63) is 29.8 Å². The van der Waals surface area contributed by atoms with Crippen molar-refractivity contribution in [1.29, 1.82) is 0 Å². The molecule has 0 atom stereocenters. The highest BCUT2D eigenvalue weighted by molar-refractivity contribution is 5.96. The average Bonchev–Trinajstić information content (AvgIpc) is 2.53. The largest absolute Gasteiger partial charge is 0.481 e. The number of hydrogen-bond donors (Lipinski definition) is 2. The second-order valence-electron chi connectivity index (χ2n) is 5.74. The van der Waals surface area contributed by atoms with E-state index in [4.69, 9.17) is 9.84 Å². The first-order chi connectivity index (χ1) is 11.2. The number of alkyl halides is 3. The molecule has 1 aliphatic rings. The molecule has 1 heterocycles. The highest BCUT2D eigenvalue weighted by atomic mass is 19.4. The maximum Gasteiger partial charge on any atom is 0.403 e. The lowest BCUT2D eigenvalue weighted by Gasteiger charge is -2.37. The summed E-state index contributed by atoms with van der Waals surface area (Å²) in [4.78, 5) is 22.9. The number of carboxylic acid groups (broad SMARTS) is 1. The van der Waals surface area contributed by atoms with Crippen LogP contribution in [0.25, 0.3) is 0 Å². The predicted octanol–water partition coefficient (Wildman–Crippen LogP) is 3.00. The number of rotatable bonds is 5. The molecular formula is C16H18F3NO4. The number of aryl methyl sites for hydroxylation is 1. The van der Waals surface area contributed by atoms with E-state index >= 15 is 0 Å². The topological polar surface area (TPSA) is 75.6 Å². The summed E-state index contributed by atoms with van der Waals surface area (Å²) in [7, 11) is 0. The van der Waals surface area contributed by atoms with Crippen LogP contribution in [0.2, 0.25) is 0 Å². The third kappa shape index (κ3) is 4.05. The minimum atomic E-state index is -4.66. The lowest BCUT2D eigenvalue weighted by molar-refractivity contribution is -0.237. The molecular weight excluding hydrogens is 327 g/mol. The van der Waals surface area contributed by atoms with E-state index in [0.29, 0.717) is 5.56 Å². The monoisotopic (exact) mass is 345 g/mol. The molecule has 0 bridgehead atoms. The molecule has 24 heavy (non-hydrogen) atoms. The first-order valence-corrected chi connectivity index (χ1v) is 7.51. The number of nitrogens with one attached hydrogen (secondary N) is 1. The fourth-order valence-electron chi connectivity index (χ4n) is 2.67. The van der Waals surface area contributed by atoms with Crippen molar-refractivity contribution < 1.29 is 32.6 Å². The Morgan fingerprint density at radius 2 is 1.92 bits per heavy atom. The highest BCUT2D eigenvalue weighted by Gasteiger charge is 2.60. The van der Waals surface area contributed by atoms with Gasteiger partial charge in [0.05, 0.1) is 0 Å². The number of anilines is 1. The summed E-state index contributed by atoms with van der Waals surface area (Å²) in [5.74, 6) is -2.07. The van der Waals surface area contributed by atoms with Crippen LogP contribution < -0.4 is 5.32 Å². The number of benzene rings is 1. The van der Waals surface area contributed by atoms with Crippen LogP contribution in [0.4, 0.5) is 18.9 Å². The van der Waals surface area contributed by atoms with Crippen LogP contribution in [0.1, 0.15) is 24.8 Å². The van der Waals surface area contributed by atoms with E-state index in [1.54, 1.807) is 12.1 Å². The lowest BCUT2D eigenvalue weighted by atomic mass is 9.78. The molecule has 1 saturated heterocycles. The van der Waals surface area contributed by atoms with E-state index in [1.165, 1.54) is 12.1 Å². The molecule has 0 aromatic heterocycles. The summed E-state index contributed by atoms with van der Waals surface area (Å²) in [6.07, 6.45) is -5.36. The molecule has 0 aliphatic carbocycles. The van der Waals surface area contributed by atoms with E-state index in [9.17, 15) is 22.8 Å². The number of aliphatic carboxylic acids is 1. The molecule has 0 unspecified atom stereocenters. The first kappa shape index (κ1) is 18.3. The number of carbonyl (C=O) groups excluding carboxylic acids is 1. The van der Waals surface area contributed by atoms with E-state index in [-0.39, 0.29) is 31.7 Å². The minimum absolute atomic E-state index is 0.0960. The summed E-state index contributed by atoms with van der Waals surface area (Å²) >= 11 is 0. The van der Waals surface area contributed by atoms with Crippen LogP contribution in [0.3, 0.4) is 0 Å². The molecule has 5 nitrogen and oxygen atoms in total. The quantitative estimate of drug-likeness (QED) is 0.860. The number of amides is 1. The fraction of sp³-hybridized carbons (Fsp3) is 0.500. The van der Waals surface area contributed by atoms with Crippen molar-refractivity contribution in [1.82, 2.24) is 0 Å². The van der Waals surface area contributed by atoms with Gasteiger partial charge in [0.25, 0.3) is 0 Å². The SMILES string of the molecule is O=C(O)CCc1cccc(NC(=O)C2(C(F)(F)F)CCOCC2)c1. The van der Waals surface area contributed by atoms with Crippen molar-refractivity contribution in [2.45, 2.75) is 31.9 Å². The van der Waals surface area contributed by atoms with Gasteiger partial charge in [-0.2, -0.15) is 13.2 Å². The fourth-order valence-corrected chi connectivity index (χ4v) is 2.67. The zero-order valence-corrected chi connectivity index (χ0v) is 12.9. The van der Waals surface area contributed by atoms with E-state index < -0.39 is 36.3 Å². The normalized spacial score (nSPS) is 17.3. The number of ether oxygens (including phenoxy) is 1. The molecule has 132 valence electrons. The average molecular weight is 345 g/mol. The highest BCUT2D eigenvalue weighted by Crippen LogP contribution is 2.46. The molecule has 2 rings (SSSR count). The van der Waals surface area contributed by atoms with Crippen LogP contribution in [0.5, 0.6) is 0 Å². The number of carboxylic acids is 1. The molecule has 0 radical (unpaired) electrons. The van der Waals surface area contributed by atoms with Crippen molar-refractivity contribution in [3.63, 3.8) is 0 Å². The molecule has 0 saturated carbocycles. The van der Waals surface area contributed by atoms with E-state index in [1.807, 2.05) is 0 Å². The smallest absolute Gasteiger partial charge is 0.403 e. The Balaban J connectivity index is 2.15. The Hall–Kier alpha value is -2.09. The van der Waals surface area contributed by atoms with Gasteiger partial charge in [-0.15, -0.1) is 0 Å². The minimum Gasteiger partial charge on any atom is -0.481 e. The van der Waals surface area contributed by atoms with Gasteiger partial charge in [0.15, 0.2) is 0 Å². The Morgan fingerprint density at radius 1 is 1.25 bits per heavy atom. The Kier molecular flexibility index (Phi) is 5.48. The van der Waals surface area contributed by atoms with Crippen molar-refractivity contribution in [2.24, 2.45) is 5.41 Å². The lowest BCUT2D eigenvalue weighted by Crippen LogP contribution is -2.51. The third-order valence-electron chi connectivity index (χ3n) is 4.14. The maximum absolute atomic E-state index is 13.5. The van der Waals surface area contributed by atoms with Gasteiger partial charge < -0.3 is 15.2 Å². The summed E-state index contributed by atoms with van der Waals surface area (Å²) in [6, 6.07) is 6.19.